The van der Waals surface area contributed by atoms with Gasteiger partial charge in [-0.1, -0.05) is 78.9 Å². The summed E-state index contributed by atoms with van der Waals surface area (Å²) in [4.78, 5) is 43.7. The molecule has 3 aliphatic heterocycles. The fourth-order valence-electron chi connectivity index (χ4n) is 7.02. The van der Waals surface area contributed by atoms with Crippen LogP contribution in [0, 0.1) is 0 Å². The Hall–Kier alpha value is -4.82. The van der Waals surface area contributed by atoms with Crippen LogP contribution in [-0.4, -0.2) is 70.8 Å². The molecule has 7 rings (SSSR count). The summed E-state index contributed by atoms with van der Waals surface area (Å²) in [5, 5.41) is 3.09. The molecule has 4 heterocycles. The molecular formula is C36H36N6O2. The van der Waals surface area contributed by atoms with Crippen LogP contribution in [0.3, 0.4) is 0 Å². The second-order valence-electron chi connectivity index (χ2n) is 11.7. The number of aliphatic imine (C=N–C) groups is 1. The van der Waals surface area contributed by atoms with E-state index in [0.29, 0.717) is 19.0 Å². The van der Waals surface area contributed by atoms with Crippen LogP contribution in [0.15, 0.2) is 121 Å². The van der Waals surface area contributed by atoms with Crippen LogP contribution in [-0.2, 0) is 15.1 Å². The second kappa shape index (κ2) is 11.7. The molecule has 0 unspecified atom stereocenters. The highest BCUT2D eigenvalue weighted by Gasteiger charge is 2.52. The number of carbonyl (C=O) groups excluding carboxylic acids is 2. The van der Waals surface area contributed by atoms with Crippen LogP contribution in [0.2, 0.25) is 0 Å². The van der Waals surface area contributed by atoms with E-state index in [1.54, 1.807) is 12.4 Å². The number of carbonyl (C=O) groups is 2. The van der Waals surface area contributed by atoms with Crippen molar-refractivity contribution in [3.05, 3.63) is 132 Å². The third-order valence-electron chi connectivity index (χ3n) is 9.35. The van der Waals surface area contributed by atoms with Gasteiger partial charge in [-0.3, -0.25) is 19.5 Å². The van der Waals surface area contributed by atoms with Crippen LogP contribution in [0.5, 0.6) is 0 Å². The van der Waals surface area contributed by atoms with E-state index in [0.717, 1.165) is 61.3 Å². The van der Waals surface area contributed by atoms with Gasteiger partial charge in [0.1, 0.15) is 11.4 Å². The van der Waals surface area contributed by atoms with Crippen molar-refractivity contribution in [2.24, 2.45) is 4.99 Å². The number of benzene rings is 3. The number of hydrogen-bond acceptors (Lipinski definition) is 6. The lowest BCUT2D eigenvalue weighted by Crippen LogP contribution is -2.56. The minimum absolute atomic E-state index is 0.0413. The Morgan fingerprint density at radius 1 is 0.727 bits per heavy atom. The molecule has 0 saturated carbocycles. The van der Waals surface area contributed by atoms with E-state index in [1.807, 2.05) is 95.9 Å². The summed E-state index contributed by atoms with van der Waals surface area (Å²) in [6.45, 7) is 3.57. The Morgan fingerprint density at radius 2 is 1.32 bits per heavy atom. The fourth-order valence-corrected chi connectivity index (χ4v) is 7.02. The Bertz CT molecular complexity index is 1600. The van der Waals surface area contributed by atoms with E-state index < -0.39 is 11.1 Å². The first-order valence-electron chi connectivity index (χ1n) is 15.4. The number of amidine groups is 1. The van der Waals surface area contributed by atoms with Crippen molar-refractivity contribution < 1.29 is 9.59 Å². The van der Waals surface area contributed by atoms with Crippen molar-refractivity contribution in [3.8, 4) is 0 Å². The van der Waals surface area contributed by atoms with E-state index in [2.05, 4.69) is 32.2 Å². The summed E-state index contributed by atoms with van der Waals surface area (Å²) in [6, 6.07) is 33.8. The Kier molecular flexibility index (Phi) is 7.44. The molecule has 8 nitrogen and oxygen atoms in total. The molecule has 0 bridgehead atoms. The molecule has 1 spiro atoms. The van der Waals surface area contributed by atoms with Crippen LogP contribution in [0.4, 0.5) is 5.69 Å². The molecule has 2 fully saturated rings. The number of nitrogens with one attached hydrogen (secondary N) is 1. The van der Waals surface area contributed by atoms with E-state index >= 15 is 0 Å². The third-order valence-corrected chi connectivity index (χ3v) is 9.35. The zero-order valence-corrected chi connectivity index (χ0v) is 24.7. The molecule has 2 amide bonds. The van der Waals surface area contributed by atoms with Crippen LogP contribution >= 0.6 is 0 Å². The van der Waals surface area contributed by atoms with Gasteiger partial charge in [0, 0.05) is 43.3 Å². The smallest absolute Gasteiger partial charge is 0.265 e. The maximum Gasteiger partial charge on any atom is 0.265 e. The maximum absolute atomic E-state index is 14.6. The van der Waals surface area contributed by atoms with E-state index in [-0.39, 0.29) is 11.8 Å². The van der Waals surface area contributed by atoms with Gasteiger partial charge >= 0.3 is 0 Å². The number of anilines is 1. The van der Waals surface area contributed by atoms with Gasteiger partial charge in [-0.2, -0.15) is 0 Å². The van der Waals surface area contributed by atoms with E-state index in [9.17, 15) is 9.59 Å². The lowest BCUT2D eigenvalue weighted by atomic mass is 9.83. The summed E-state index contributed by atoms with van der Waals surface area (Å²) < 4.78 is 0. The number of aromatic nitrogens is 1. The molecule has 222 valence electrons. The van der Waals surface area contributed by atoms with Gasteiger partial charge in [0.25, 0.3) is 5.91 Å². The Labute approximate surface area is 258 Å². The van der Waals surface area contributed by atoms with Crippen molar-refractivity contribution in [2.75, 3.05) is 37.7 Å². The number of likely N-dealkylation sites (tertiary alicyclic amines) is 1. The zero-order chi connectivity index (χ0) is 30.0. The van der Waals surface area contributed by atoms with Crippen LogP contribution < -0.4 is 10.2 Å². The van der Waals surface area contributed by atoms with Gasteiger partial charge in [-0.15, -0.1) is 0 Å². The molecule has 1 N–H and O–H groups in total. The molecule has 0 atom stereocenters. The number of piperidine rings is 1. The first kappa shape index (κ1) is 28.0. The molecule has 0 radical (unpaired) electrons. The number of para-hydroxylation sites is 1. The summed E-state index contributed by atoms with van der Waals surface area (Å²) in [6.07, 6.45) is 5.81. The molecule has 4 aromatic rings. The lowest BCUT2D eigenvalue weighted by Gasteiger charge is -2.43. The summed E-state index contributed by atoms with van der Waals surface area (Å²) in [7, 11) is 0. The lowest BCUT2D eigenvalue weighted by molar-refractivity contribution is -0.130. The number of hydrogen-bond donors (Lipinski definition) is 1. The van der Waals surface area contributed by atoms with Gasteiger partial charge < -0.3 is 15.1 Å². The van der Waals surface area contributed by atoms with Crippen LogP contribution in [0.25, 0.3) is 0 Å². The molecular weight excluding hydrogens is 548 g/mol. The average Bonchev–Trinajstić information content (AvgIpc) is 3.57. The molecule has 3 aliphatic rings. The summed E-state index contributed by atoms with van der Waals surface area (Å²) in [5.41, 5.74) is 1.99. The molecule has 2 saturated heterocycles. The van der Waals surface area contributed by atoms with Crippen molar-refractivity contribution in [1.29, 1.82) is 0 Å². The monoisotopic (exact) mass is 584 g/mol. The van der Waals surface area contributed by atoms with Crippen molar-refractivity contribution >= 4 is 23.3 Å². The van der Waals surface area contributed by atoms with Gasteiger partial charge in [-0.25, -0.2) is 4.99 Å². The highest BCUT2D eigenvalue weighted by atomic mass is 16.2. The predicted octanol–water partition coefficient (Wildman–Crippen LogP) is 4.43. The number of pyridine rings is 1. The quantitative estimate of drug-likeness (QED) is 0.332. The van der Waals surface area contributed by atoms with Gasteiger partial charge in [0.05, 0.1) is 6.67 Å². The first-order chi connectivity index (χ1) is 21.6. The van der Waals surface area contributed by atoms with E-state index in [4.69, 9.17) is 4.99 Å². The van der Waals surface area contributed by atoms with Gasteiger partial charge in [-0.05, 0) is 61.2 Å². The van der Waals surface area contributed by atoms with Crippen molar-refractivity contribution in [3.63, 3.8) is 0 Å². The van der Waals surface area contributed by atoms with E-state index in [1.165, 1.54) is 0 Å². The molecule has 3 aromatic carbocycles. The molecule has 44 heavy (non-hydrogen) atoms. The second-order valence-corrected chi connectivity index (χ2v) is 11.7. The fraction of sp³-hybridized carbons (Fsp3) is 0.278. The predicted molar refractivity (Wildman–Crippen MR) is 171 cm³/mol. The molecule has 1 aromatic heterocycles. The highest BCUT2D eigenvalue weighted by molar-refractivity contribution is 6.16. The largest absolute Gasteiger partial charge is 0.339 e. The summed E-state index contributed by atoms with van der Waals surface area (Å²) in [5.74, 6) is 0.754. The molecule has 0 aliphatic carbocycles. The highest BCUT2D eigenvalue weighted by Crippen LogP contribution is 2.41. The number of nitrogens with zero attached hydrogens (tertiary/aromatic N) is 5. The van der Waals surface area contributed by atoms with Crippen molar-refractivity contribution in [2.45, 2.75) is 30.3 Å². The molecule has 8 heteroatoms. The standard InChI is InChI=1S/C36H36N6O2/c43-33-35(42(27-38-33)31-15-8-3-9-16-31)19-25-40(26-20-35)23-10-24-41-32(28-17-21-37-22-18-28)39-36(34(41)44,29-11-4-1-5-12-29)30-13-6-2-7-14-30/h1-9,11-18,21-22H,10,19-20,23-27H2,(H,38,43). The minimum Gasteiger partial charge on any atom is -0.339 e. The zero-order valence-electron chi connectivity index (χ0n) is 24.7. The SMILES string of the molecule is O=C1N(CCCN2CCC3(CC2)C(=O)NCN3c2ccccc2)C(c2ccncc2)=NC1(c1ccccc1)c1ccccc1. The first-order valence-corrected chi connectivity index (χ1v) is 15.4. The third kappa shape index (κ3) is 4.75. The topological polar surface area (TPSA) is 81.1 Å². The number of rotatable bonds is 8. The average molecular weight is 585 g/mol. The Balaban J connectivity index is 1.10. The van der Waals surface area contributed by atoms with Gasteiger partial charge in [0.15, 0.2) is 5.54 Å². The normalized spacial score (nSPS) is 19.3. The Morgan fingerprint density at radius 3 is 1.93 bits per heavy atom. The summed E-state index contributed by atoms with van der Waals surface area (Å²) >= 11 is 0. The minimum atomic E-state index is -1.16. The van der Waals surface area contributed by atoms with Gasteiger partial charge in [0.2, 0.25) is 5.91 Å². The number of amides is 2. The van der Waals surface area contributed by atoms with Crippen molar-refractivity contribution in [1.82, 2.24) is 20.1 Å². The van der Waals surface area contributed by atoms with Crippen LogP contribution in [0.1, 0.15) is 36.0 Å². The maximum atomic E-state index is 14.6.